The average Bonchev–Trinajstić information content (AvgIpc) is 3.21. The van der Waals surface area contributed by atoms with E-state index in [1.54, 1.807) is 60.0 Å². The average molecular weight is 433 g/mol. The van der Waals surface area contributed by atoms with Crippen LogP contribution in [-0.2, 0) is 16.1 Å². The molecule has 0 atom stereocenters. The zero-order chi connectivity index (χ0) is 21.6. The van der Waals surface area contributed by atoms with Gasteiger partial charge < -0.3 is 14.8 Å². The van der Waals surface area contributed by atoms with Crippen LogP contribution in [0.2, 0.25) is 0 Å². The molecule has 0 saturated carbocycles. The smallest absolute Gasteiger partial charge is 0.338 e. The second kappa shape index (κ2) is 9.36. The summed E-state index contributed by atoms with van der Waals surface area (Å²) in [6.45, 7) is 1.84. The molecule has 0 unspecified atom stereocenters. The minimum absolute atomic E-state index is 0.300. The highest BCUT2D eigenvalue weighted by atomic mass is 32.1. The van der Waals surface area contributed by atoms with Gasteiger partial charge in [0.05, 0.1) is 27.5 Å². The molecule has 0 radical (unpaired) electrons. The van der Waals surface area contributed by atoms with Gasteiger partial charge in [-0.25, -0.2) is 9.78 Å². The highest BCUT2D eigenvalue weighted by Crippen LogP contribution is 2.21. The van der Waals surface area contributed by atoms with Crippen molar-refractivity contribution in [3.05, 3.63) is 82.4 Å². The topological polar surface area (TPSA) is 90.4 Å². The summed E-state index contributed by atoms with van der Waals surface area (Å²) < 4.78 is 10.9. The number of anilines is 1. The molecule has 1 N–H and O–H groups in total. The first-order valence-corrected chi connectivity index (χ1v) is 10.4. The third kappa shape index (κ3) is 5.23. The second-order valence-corrected chi connectivity index (χ2v) is 7.74. The number of pyridine rings is 1. The van der Waals surface area contributed by atoms with Gasteiger partial charge in [0.25, 0.3) is 5.91 Å². The Kier molecular flexibility index (Phi) is 6.18. The molecule has 1 amide bonds. The molecule has 4 aromatic rings. The Bertz CT molecular complexity index is 1230. The number of ether oxygens (including phenoxy) is 2. The van der Waals surface area contributed by atoms with Crippen LogP contribution in [0, 0.1) is 6.92 Å². The van der Waals surface area contributed by atoms with Crippen LogP contribution in [0.4, 0.5) is 5.69 Å². The summed E-state index contributed by atoms with van der Waals surface area (Å²) in [6.07, 6.45) is 1.69. The van der Waals surface area contributed by atoms with Gasteiger partial charge in [-0.3, -0.25) is 9.78 Å². The van der Waals surface area contributed by atoms with Gasteiger partial charge >= 0.3 is 5.97 Å². The van der Waals surface area contributed by atoms with E-state index in [-0.39, 0.29) is 0 Å². The first-order chi connectivity index (χ1) is 15.1. The predicted octanol–water partition coefficient (Wildman–Crippen LogP) is 4.37. The lowest BCUT2D eigenvalue weighted by molar-refractivity contribution is -0.119. The van der Waals surface area contributed by atoms with E-state index in [9.17, 15) is 9.59 Å². The van der Waals surface area contributed by atoms with Crippen LogP contribution in [-0.4, -0.2) is 28.5 Å². The molecule has 0 aliphatic carbocycles. The molecule has 2 heterocycles. The normalized spacial score (nSPS) is 10.6. The predicted molar refractivity (Wildman–Crippen MR) is 118 cm³/mol. The number of benzene rings is 2. The first kappa shape index (κ1) is 20.5. The number of nitrogens with one attached hydrogen (secondary N) is 1. The van der Waals surface area contributed by atoms with Crippen molar-refractivity contribution in [3.8, 4) is 5.75 Å². The maximum atomic E-state index is 12.4. The van der Waals surface area contributed by atoms with E-state index < -0.39 is 18.5 Å². The van der Waals surface area contributed by atoms with Crippen molar-refractivity contribution in [3.63, 3.8) is 0 Å². The van der Waals surface area contributed by atoms with E-state index in [1.807, 2.05) is 24.4 Å². The van der Waals surface area contributed by atoms with Crippen molar-refractivity contribution in [1.29, 1.82) is 0 Å². The monoisotopic (exact) mass is 433 g/mol. The summed E-state index contributed by atoms with van der Waals surface area (Å²) in [6, 6.07) is 15.7. The van der Waals surface area contributed by atoms with Gasteiger partial charge in [0.1, 0.15) is 12.4 Å². The zero-order valence-corrected chi connectivity index (χ0v) is 17.5. The molecular weight excluding hydrogens is 414 g/mol. The van der Waals surface area contributed by atoms with E-state index in [4.69, 9.17) is 9.47 Å². The molecular formula is C23H19N3O4S. The molecule has 0 bridgehead atoms. The molecule has 0 fully saturated rings. The molecule has 0 aliphatic heterocycles. The highest BCUT2D eigenvalue weighted by molar-refractivity contribution is 7.09. The van der Waals surface area contributed by atoms with E-state index in [1.165, 1.54) is 0 Å². The van der Waals surface area contributed by atoms with Gasteiger partial charge in [-0.15, -0.1) is 11.3 Å². The molecule has 0 saturated heterocycles. The van der Waals surface area contributed by atoms with Gasteiger partial charge in [-0.1, -0.05) is 12.1 Å². The molecule has 8 heteroatoms. The summed E-state index contributed by atoms with van der Waals surface area (Å²) >= 11 is 1.55. The number of esters is 1. The SMILES string of the molecule is Cc1nc(COc2cccc(C(=O)OCC(=O)Nc3cccc4ncccc34)c2)cs1. The van der Waals surface area contributed by atoms with Gasteiger partial charge in [-0.05, 0) is 49.4 Å². The van der Waals surface area contributed by atoms with E-state index in [2.05, 4.69) is 15.3 Å². The Morgan fingerprint density at radius 3 is 2.81 bits per heavy atom. The molecule has 156 valence electrons. The van der Waals surface area contributed by atoms with Crippen LogP contribution in [0.15, 0.2) is 66.2 Å². The first-order valence-electron chi connectivity index (χ1n) is 9.53. The van der Waals surface area contributed by atoms with E-state index in [0.29, 0.717) is 23.6 Å². The van der Waals surface area contributed by atoms with Gasteiger partial charge in [0.15, 0.2) is 6.61 Å². The molecule has 2 aromatic carbocycles. The van der Waals surface area contributed by atoms with Crippen molar-refractivity contribution in [2.24, 2.45) is 0 Å². The molecule has 4 rings (SSSR count). The van der Waals surface area contributed by atoms with Crippen LogP contribution < -0.4 is 10.1 Å². The van der Waals surface area contributed by atoms with Crippen LogP contribution in [0.25, 0.3) is 10.9 Å². The number of hydrogen-bond acceptors (Lipinski definition) is 7. The van der Waals surface area contributed by atoms with Crippen molar-refractivity contribution in [2.45, 2.75) is 13.5 Å². The molecule has 31 heavy (non-hydrogen) atoms. The number of rotatable bonds is 7. The fourth-order valence-electron chi connectivity index (χ4n) is 2.96. The molecule has 2 aromatic heterocycles. The summed E-state index contributed by atoms with van der Waals surface area (Å²) in [5, 5.41) is 6.46. The molecule has 7 nitrogen and oxygen atoms in total. The van der Waals surface area contributed by atoms with Crippen LogP contribution in [0.3, 0.4) is 0 Å². The highest BCUT2D eigenvalue weighted by Gasteiger charge is 2.13. The summed E-state index contributed by atoms with van der Waals surface area (Å²) in [5.74, 6) is -0.520. The fourth-order valence-corrected chi connectivity index (χ4v) is 3.56. The minimum Gasteiger partial charge on any atom is -0.487 e. The Hall–Kier alpha value is -3.78. The number of amides is 1. The lowest BCUT2D eigenvalue weighted by Gasteiger charge is -2.10. The second-order valence-electron chi connectivity index (χ2n) is 6.67. The standard InChI is InChI=1S/C23H19N3O4S/c1-15-25-17(14-31-15)12-29-18-6-2-5-16(11-18)23(28)30-13-22(27)26-21-9-3-8-20-19(21)7-4-10-24-20/h2-11,14H,12-13H2,1H3,(H,26,27). The number of fused-ring (bicyclic) bond motifs is 1. The number of aromatic nitrogens is 2. The number of carbonyl (C=O) groups excluding carboxylic acids is 2. The van der Waals surface area contributed by atoms with Gasteiger partial charge in [0, 0.05) is 17.0 Å². The van der Waals surface area contributed by atoms with E-state index in [0.717, 1.165) is 21.6 Å². The number of thiazole rings is 1. The zero-order valence-electron chi connectivity index (χ0n) is 16.7. The van der Waals surface area contributed by atoms with E-state index >= 15 is 0 Å². The summed E-state index contributed by atoms with van der Waals surface area (Å²) in [4.78, 5) is 33.2. The fraction of sp³-hybridized carbons (Fsp3) is 0.130. The van der Waals surface area contributed by atoms with Crippen LogP contribution >= 0.6 is 11.3 Å². The Morgan fingerprint density at radius 2 is 1.97 bits per heavy atom. The lowest BCUT2D eigenvalue weighted by atomic mass is 10.2. The quantitative estimate of drug-likeness (QED) is 0.435. The van der Waals surface area contributed by atoms with Crippen molar-refractivity contribution in [1.82, 2.24) is 9.97 Å². The van der Waals surface area contributed by atoms with Gasteiger partial charge in [-0.2, -0.15) is 0 Å². The summed E-state index contributed by atoms with van der Waals surface area (Å²) in [7, 11) is 0. The Labute approximate surface area is 182 Å². The largest absolute Gasteiger partial charge is 0.487 e. The van der Waals surface area contributed by atoms with Crippen molar-refractivity contribution >= 4 is 39.8 Å². The Balaban J connectivity index is 1.33. The van der Waals surface area contributed by atoms with Crippen LogP contribution in [0.1, 0.15) is 21.1 Å². The number of nitrogens with zero attached hydrogens (tertiary/aromatic N) is 2. The number of aryl methyl sites for hydroxylation is 1. The van der Waals surface area contributed by atoms with Crippen molar-refractivity contribution in [2.75, 3.05) is 11.9 Å². The van der Waals surface area contributed by atoms with Gasteiger partial charge in [0.2, 0.25) is 0 Å². The minimum atomic E-state index is -0.607. The molecule has 0 spiro atoms. The maximum absolute atomic E-state index is 12.4. The molecule has 0 aliphatic rings. The Morgan fingerprint density at radius 1 is 1.10 bits per heavy atom. The third-order valence-electron chi connectivity index (χ3n) is 4.38. The van der Waals surface area contributed by atoms with Crippen LogP contribution in [0.5, 0.6) is 5.75 Å². The maximum Gasteiger partial charge on any atom is 0.338 e. The number of carbonyl (C=O) groups is 2. The number of hydrogen-bond donors (Lipinski definition) is 1. The lowest BCUT2D eigenvalue weighted by Crippen LogP contribution is -2.21. The van der Waals surface area contributed by atoms with Crippen molar-refractivity contribution < 1.29 is 19.1 Å². The third-order valence-corrected chi connectivity index (χ3v) is 5.20. The summed E-state index contributed by atoms with van der Waals surface area (Å²) in [5.41, 5.74) is 2.51.